The Bertz CT molecular complexity index is 732. The molecule has 0 radical (unpaired) electrons. The molecule has 5 nitrogen and oxygen atoms in total. The second kappa shape index (κ2) is 8.41. The molecule has 0 bridgehead atoms. The van der Waals surface area contributed by atoms with Crippen molar-refractivity contribution in [2.75, 3.05) is 29.9 Å². The monoisotopic (exact) mass is 379 g/mol. The van der Waals surface area contributed by atoms with Crippen LogP contribution in [0.3, 0.4) is 0 Å². The minimum atomic E-state index is -0.129. The number of halogens is 2. The third-order valence-corrected chi connectivity index (χ3v) is 4.69. The Balaban J connectivity index is 1.44. The van der Waals surface area contributed by atoms with Crippen LogP contribution in [0.4, 0.5) is 11.5 Å². The van der Waals surface area contributed by atoms with Crippen LogP contribution in [-0.2, 0) is 4.79 Å². The first-order valence-electron chi connectivity index (χ1n) is 8.20. The standard InChI is InChI=1S/C18H19Cl2N3O2/c19-15-5-4-14(11-16(15)20)25-10-7-18(24)22-13-3-6-17(21-12-13)23-8-1-2-9-23/h3-6,11-12H,1-2,7-10H2,(H,22,24). The number of hydrogen-bond acceptors (Lipinski definition) is 4. The lowest BCUT2D eigenvalue weighted by Gasteiger charge is -2.16. The van der Waals surface area contributed by atoms with Crippen LogP contribution in [0.25, 0.3) is 0 Å². The zero-order chi connectivity index (χ0) is 17.6. The number of anilines is 2. The van der Waals surface area contributed by atoms with E-state index in [9.17, 15) is 4.79 Å². The lowest BCUT2D eigenvalue weighted by atomic mass is 10.3. The molecule has 0 unspecified atom stereocenters. The van der Waals surface area contributed by atoms with Gasteiger partial charge in [0.25, 0.3) is 0 Å². The summed E-state index contributed by atoms with van der Waals surface area (Å²) < 4.78 is 5.51. The van der Waals surface area contributed by atoms with Crippen molar-refractivity contribution in [1.29, 1.82) is 0 Å². The number of carbonyl (C=O) groups is 1. The first-order valence-corrected chi connectivity index (χ1v) is 8.96. The minimum Gasteiger partial charge on any atom is -0.493 e. The molecule has 1 fully saturated rings. The number of rotatable bonds is 6. The number of hydrogen-bond donors (Lipinski definition) is 1. The van der Waals surface area contributed by atoms with Crippen LogP contribution in [0.15, 0.2) is 36.5 Å². The first kappa shape index (κ1) is 17.8. The average Bonchev–Trinajstić information content (AvgIpc) is 3.13. The lowest BCUT2D eigenvalue weighted by Crippen LogP contribution is -2.19. The summed E-state index contributed by atoms with van der Waals surface area (Å²) >= 11 is 11.8. The van der Waals surface area contributed by atoms with Gasteiger partial charge in [-0.15, -0.1) is 0 Å². The molecule has 2 aromatic rings. The van der Waals surface area contributed by atoms with E-state index < -0.39 is 0 Å². The number of pyridine rings is 1. The van der Waals surface area contributed by atoms with Crippen LogP contribution in [0.5, 0.6) is 5.75 Å². The molecule has 25 heavy (non-hydrogen) atoms. The highest BCUT2D eigenvalue weighted by atomic mass is 35.5. The molecule has 7 heteroatoms. The molecule has 1 aromatic heterocycles. The fourth-order valence-electron chi connectivity index (χ4n) is 2.64. The number of amides is 1. The summed E-state index contributed by atoms with van der Waals surface area (Å²) in [5.41, 5.74) is 0.683. The molecule has 0 atom stereocenters. The normalized spacial score (nSPS) is 13.8. The molecule has 1 aromatic carbocycles. The maximum Gasteiger partial charge on any atom is 0.227 e. The van der Waals surface area contributed by atoms with Gasteiger partial charge in [-0.3, -0.25) is 4.79 Å². The van der Waals surface area contributed by atoms with E-state index in [0.717, 1.165) is 18.9 Å². The van der Waals surface area contributed by atoms with Gasteiger partial charge in [0.15, 0.2) is 0 Å². The molecule has 1 saturated heterocycles. The largest absolute Gasteiger partial charge is 0.493 e. The fourth-order valence-corrected chi connectivity index (χ4v) is 2.93. The highest BCUT2D eigenvalue weighted by molar-refractivity contribution is 6.42. The van der Waals surface area contributed by atoms with Crippen LogP contribution in [0, 0.1) is 0 Å². The minimum absolute atomic E-state index is 0.129. The number of nitrogens with zero attached hydrogens (tertiary/aromatic N) is 2. The summed E-state index contributed by atoms with van der Waals surface area (Å²) in [6.07, 6.45) is 4.33. The number of nitrogens with one attached hydrogen (secondary N) is 1. The van der Waals surface area contributed by atoms with Gasteiger partial charge in [-0.05, 0) is 37.1 Å². The molecule has 1 aliphatic rings. The predicted octanol–water partition coefficient (Wildman–Crippen LogP) is 4.40. The topological polar surface area (TPSA) is 54.5 Å². The molecule has 1 N–H and O–H groups in total. The van der Waals surface area contributed by atoms with Crippen LogP contribution >= 0.6 is 23.2 Å². The van der Waals surface area contributed by atoms with Gasteiger partial charge in [0.2, 0.25) is 5.91 Å². The Kier molecular flexibility index (Phi) is 6.00. The van der Waals surface area contributed by atoms with E-state index in [4.69, 9.17) is 27.9 Å². The summed E-state index contributed by atoms with van der Waals surface area (Å²) in [6.45, 7) is 2.35. The second-order valence-electron chi connectivity index (χ2n) is 5.82. The third kappa shape index (κ3) is 5.00. The molecule has 3 rings (SSSR count). The quantitative estimate of drug-likeness (QED) is 0.807. The van der Waals surface area contributed by atoms with Crippen LogP contribution in [0.2, 0.25) is 10.0 Å². The van der Waals surface area contributed by atoms with Crippen molar-refractivity contribution in [3.63, 3.8) is 0 Å². The molecule has 2 heterocycles. The zero-order valence-electron chi connectivity index (χ0n) is 13.7. The predicted molar refractivity (Wildman–Crippen MR) is 101 cm³/mol. The van der Waals surface area contributed by atoms with Crippen molar-refractivity contribution < 1.29 is 9.53 Å². The van der Waals surface area contributed by atoms with Crippen molar-refractivity contribution in [1.82, 2.24) is 4.98 Å². The zero-order valence-corrected chi connectivity index (χ0v) is 15.2. The molecule has 1 aliphatic heterocycles. The smallest absolute Gasteiger partial charge is 0.227 e. The second-order valence-corrected chi connectivity index (χ2v) is 6.64. The van der Waals surface area contributed by atoms with Gasteiger partial charge in [0.1, 0.15) is 11.6 Å². The van der Waals surface area contributed by atoms with E-state index in [-0.39, 0.29) is 18.9 Å². The summed E-state index contributed by atoms with van der Waals surface area (Å²) in [4.78, 5) is 18.6. The Labute approximate surface area is 156 Å². The average molecular weight is 380 g/mol. The number of aromatic nitrogens is 1. The van der Waals surface area contributed by atoms with Gasteiger partial charge < -0.3 is 15.0 Å². The van der Waals surface area contributed by atoms with Gasteiger partial charge in [0, 0.05) is 19.2 Å². The van der Waals surface area contributed by atoms with Crippen LogP contribution in [-0.4, -0.2) is 30.6 Å². The van der Waals surface area contributed by atoms with E-state index in [0.29, 0.717) is 21.5 Å². The lowest BCUT2D eigenvalue weighted by molar-refractivity contribution is -0.116. The van der Waals surface area contributed by atoms with Crippen LogP contribution < -0.4 is 15.0 Å². The highest BCUT2D eigenvalue weighted by Gasteiger charge is 2.13. The van der Waals surface area contributed by atoms with Gasteiger partial charge in [-0.2, -0.15) is 0 Å². The first-order chi connectivity index (χ1) is 12.1. The molecule has 0 spiro atoms. The third-order valence-electron chi connectivity index (χ3n) is 3.95. The highest BCUT2D eigenvalue weighted by Crippen LogP contribution is 2.26. The molecule has 1 amide bonds. The molecule has 132 valence electrons. The van der Waals surface area contributed by atoms with Gasteiger partial charge in [-0.25, -0.2) is 4.98 Å². The van der Waals surface area contributed by atoms with Gasteiger partial charge in [0.05, 0.1) is 35.0 Å². The fraction of sp³-hybridized carbons (Fsp3) is 0.333. The Hall–Kier alpha value is -1.98. The van der Waals surface area contributed by atoms with E-state index in [1.54, 1.807) is 24.4 Å². The number of ether oxygens (including phenoxy) is 1. The summed E-state index contributed by atoms with van der Waals surface area (Å²) in [5.74, 6) is 1.41. The molecular formula is C18H19Cl2N3O2. The van der Waals surface area contributed by atoms with Gasteiger partial charge in [-0.1, -0.05) is 23.2 Å². The molecule has 0 saturated carbocycles. The number of carbonyl (C=O) groups excluding carboxylic acids is 1. The van der Waals surface area contributed by atoms with Crippen molar-refractivity contribution in [3.05, 3.63) is 46.6 Å². The summed E-state index contributed by atoms with van der Waals surface area (Å²) in [7, 11) is 0. The SMILES string of the molecule is O=C(CCOc1ccc(Cl)c(Cl)c1)Nc1ccc(N2CCCC2)nc1. The number of benzene rings is 1. The Morgan fingerprint density at radius 1 is 1.16 bits per heavy atom. The van der Waals surface area contributed by atoms with Crippen molar-refractivity contribution >= 4 is 40.6 Å². The van der Waals surface area contributed by atoms with E-state index in [1.165, 1.54) is 12.8 Å². The van der Waals surface area contributed by atoms with Crippen molar-refractivity contribution in [3.8, 4) is 5.75 Å². The molecule has 0 aliphatic carbocycles. The maximum atomic E-state index is 12.0. The summed E-state index contributed by atoms with van der Waals surface area (Å²) in [5, 5.41) is 3.71. The molecular weight excluding hydrogens is 361 g/mol. The van der Waals surface area contributed by atoms with Crippen LogP contribution in [0.1, 0.15) is 19.3 Å². The van der Waals surface area contributed by atoms with E-state index in [2.05, 4.69) is 15.2 Å². The maximum absolute atomic E-state index is 12.0. The van der Waals surface area contributed by atoms with E-state index in [1.807, 2.05) is 12.1 Å². The Morgan fingerprint density at radius 3 is 2.64 bits per heavy atom. The Morgan fingerprint density at radius 2 is 1.96 bits per heavy atom. The van der Waals surface area contributed by atoms with E-state index >= 15 is 0 Å². The van der Waals surface area contributed by atoms with Crippen molar-refractivity contribution in [2.45, 2.75) is 19.3 Å². The van der Waals surface area contributed by atoms with Gasteiger partial charge >= 0.3 is 0 Å². The van der Waals surface area contributed by atoms with Crippen molar-refractivity contribution in [2.24, 2.45) is 0 Å². The summed E-state index contributed by atoms with van der Waals surface area (Å²) in [6, 6.07) is 8.81.